The molecule has 0 bridgehead atoms. The molecule has 0 amide bonds. The fraction of sp³-hybridized carbons (Fsp3) is 0.600. The van der Waals surface area contributed by atoms with Crippen LogP contribution in [0, 0.1) is 38.5 Å². The zero-order chi connectivity index (χ0) is 17.7. The second-order valence-electron chi connectivity index (χ2n) is 6.99. The Labute approximate surface area is 140 Å². The molecular formula is C20H30O3. The first-order chi connectivity index (χ1) is 10.7. The quantitative estimate of drug-likeness (QED) is 0.689. The van der Waals surface area contributed by atoms with Gasteiger partial charge in [-0.3, -0.25) is 9.59 Å². The number of carboxylic acids is 1. The highest BCUT2D eigenvalue weighted by Gasteiger charge is 2.36. The normalized spacial score (nSPS) is 13.9. The Morgan fingerprint density at radius 1 is 1.09 bits per heavy atom. The van der Waals surface area contributed by atoms with E-state index in [0.29, 0.717) is 12.0 Å². The smallest absolute Gasteiger partial charge is 0.307 e. The Hall–Kier alpha value is -1.64. The van der Waals surface area contributed by atoms with Crippen LogP contribution in [0.2, 0.25) is 0 Å². The fourth-order valence-electron chi connectivity index (χ4n) is 3.57. The summed E-state index contributed by atoms with van der Waals surface area (Å²) in [5, 5.41) is 9.65. The molecule has 0 radical (unpaired) electrons. The lowest BCUT2D eigenvalue weighted by Crippen LogP contribution is -2.34. The third-order valence-electron chi connectivity index (χ3n) is 4.56. The second-order valence-corrected chi connectivity index (χ2v) is 6.99. The van der Waals surface area contributed by atoms with Crippen LogP contribution in [0.15, 0.2) is 12.1 Å². The molecule has 0 fully saturated rings. The molecule has 0 spiro atoms. The van der Waals surface area contributed by atoms with E-state index in [9.17, 15) is 14.7 Å². The number of hydrogen-bond acceptors (Lipinski definition) is 2. The molecule has 0 aliphatic carbocycles. The molecule has 1 aromatic carbocycles. The van der Waals surface area contributed by atoms with Crippen molar-refractivity contribution in [3.63, 3.8) is 0 Å². The highest BCUT2D eigenvalue weighted by molar-refractivity contribution is 6.02. The van der Waals surface area contributed by atoms with E-state index in [0.717, 1.165) is 29.5 Å². The Balaban J connectivity index is 3.29. The first-order valence-electron chi connectivity index (χ1n) is 8.55. The zero-order valence-electron chi connectivity index (χ0n) is 15.3. The van der Waals surface area contributed by atoms with Gasteiger partial charge in [-0.05, 0) is 44.2 Å². The number of carboxylic acid groups (broad SMARTS) is 1. The Kier molecular flexibility index (Phi) is 6.99. The van der Waals surface area contributed by atoms with Crippen LogP contribution in [0.3, 0.4) is 0 Å². The van der Waals surface area contributed by atoms with Crippen molar-refractivity contribution < 1.29 is 14.7 Å². The maximum Gasteiger partial charge on any atom is 0.307 e. The molecule has 0 heterocycles. The molecule has 0 saturated heterocycles. The topological polar surface area (TPSA) is 54.4 Å². The maximum atomic E-state index is 13.2. The molecule has 3 nitrogen and oxygen atoms in total. The van der Waals surface area contributed by atoms with E-state index in [1.165, 1.54) is 0 Å². The average molecular weight is 318 g/mol. The fourth-order valence-corrected chi connectivity index (χ4v) is 3.57. The van der Waals surface area contributed by atoms with Crippen LogP contribution >= 0.6 is 0 Å². The van der Waals surface area contributed by atoms with Gasteiger partial charge < -0.3 is 5.11 Å². The van der Waals surface area contributed by atoms with Gasteiger partial charge in [0.1, 0.15) is 0 Å². The van der Waals surface area contributed by atoms with Gasteiger partial charge in [0.25, 0.3) is 0 Å². The number of Topliss-reactive ketones (excluding diaryl/α,β-unsaturated/α-hetero) is 1. The van der Waals surface area contributed by atoms with Crippen LogP contribution in [0.25, 0.3) is 0 Å². The first kappa shape index (κ1) is 19.4. The third kappa shape index (κ3) is 4.66. The highest BCUT2D eigenvalue weighted by Crippen LogP contribution is 2.32. The van der Waals surface area contributed by atoms with Gasteiger partial charge in [0.2, 0.25) is 0 Å². The summed E-state index contributed by atoms with van der Waals surface area (Å²) in [6.07, 6.45) is 2.33. The van der Waals surface area contributed by atoms with Gasteiger partial charge in [0.05, 0.1) is 5.92 Å². The van der Waals surface area contributed by atoms with Crippen molar-refractivity contribution in [3.8, 4) is 0 Å². The van der Waals surface area contributed by atoms with Crippen molar-refractivity contribution >= 4 is 11.8 Å². The Morgan fingerprint density at radius 2 is 1.61 bits per heavy atom. The van der Waals surface area contributed by atoms with Crippen molar-refractivity contribution in [2.45, 2.75) is 60.8 Å². The van der Waals surface area contributed by atoms with E-state index in [-0.39, 0.29) is 11.7 Å². The molecular weight excluding hydrogens is 288 g/mol. The molecule has 1 rings (SSSR count). The largest absolute Gasteiger partial charge is 0.481 e. The van der Waals surface area contributed by atoms with E-state index in [1.54, 1.807) is 0 Å². The van der Waals surface area contributed by atoms with Gasteiger partial charge in [-0.2, -0.15) is 0 Å². The average Bonchev–Trinajstić information content (AvgIpc) is 2.40. The molecule has 0 aliphatic rings. The van der Waals surface area contributed by atoms with Crippen LogP contribution in [0.1, 0.15) is 67.1 Å². The van der Waals surface area contributed by atoms with Crippen molar-refractivity contribution in [3.05, 3.63) is 34.4 Å². The molecule has 1 N–H and O–H groups in total. The third-order valence-corrected chi connectivity index (χ3v) is 4.56. The van der Waals surface area contributed by atoms with Crippen LogP contribution in [0.5, 0.6) is 0 Å². The van der Waals surface area contributed by atoms with Crippen LogP contribution < -0.4 is 0 Å². The second kappa shape index (κ2) is 8.28. The summed E-state index contributed by atoms with van der Waals surface area (Å²) in [7, 11) is 0. The predicted octanol–water partition coefficient (Wildman–Crippen LogP) is 4.96. The van der Waals surface area contributed by atoms with Gasteiger partial charge >= 0.3 is 5.97 Å². The van der Waals surface area contributed by atoms with Crippen LogP contribution in [-0.4, -0.2) is 16.9 Å². The summed E-state index contributed by atoms with van der Waals surface area (Å²) >= 11 is 0. The minimum absolute atomic E-state index is 0.000518. The Bertz CT molecular complexity index is 549. The zero-order valence-corrected chi connectivity index (χ0v) is 15.3. The number of rotatable bonds is 8. The molecule has 128 valence electrons. The molecule has 0 aliphatic heterocycles. The van der Waals surface area contributed by atoms with Crippen molar-refractivity contribution in [1.82, 2.24) is 0 Å². The summed E-state index contributed by atoms with van der Waals surface area (Å²) in [5.74, 6) is -1.95. The highest BCUT2D eigenvalue weighted by atomic mass is 16.4. The van der Waals surface area contributed by atoms with Gasteiger partial charge in [-0.25, -0.2) is 0 Å². The molecule has 23 heavy (non-hydrogen) atoms. The monoisotopic (exact) mass is 318 g/mol. The number of carbonyl (C=O) groups is 2. The number of unbranched alkanes of at least 4 members (excludes halogenated alkanes) is 1. The lowest BCUT2D eigenvalue weighted by Gasteiger charge is -2.27. The van der Waals surface area contributed by atoms with E-state index in [4.69, 9.17) is 0 Å². The summed E-state index contributed by atoms with van der Waals surface area (Å²) in [6, 6.07) is 4.00. The minimum Gasteiger partial charge on any atom is -0.481 e. The summed E-state index contributed by atoms with van der Waals surface area (Å²) in [6.45, 7) is 11.8. The number of hydrogen-bond donors (Lipinski definition) is 1. The number of aryl methyl sites for hydroxylation is 3. The summed E-state index contributed by atoms with van der Waals surface area (Å²) < 4.78 is 0. The lowest BCUT2D eigenvalue weighted by atomic mass is 9.74. The summed E-state index contributed by atoms with van der Waals surface area (Å²) in [4.78, 5) is 24.9. The van der Waals surface area contributed by atoms with Gasteiger partial charge in [0.15, 0.2) is 5.78 Å². The standard InChI is InChI=1S/C20H30O3/c1-7-8-9-16(20(22)23)17(12(2)3)19(21)18-14(5)10-13(4)11-15(18)6/h10-12,16-17H,7-9H2,1-6H3,(H,22,23). The van der Waals surface area contributed by atoms with E-state index < -0.39 is 17.8 Å². The van der Waals surface area contributed by atoms with Gasteiger partial charge in [-0.15, -0.1) is 0 Å². The molecule has 0 saturated carbocycles. The van der Waals surface area contributed by atoms with E-state index in [2.05, 4.69) is 0 Å². The maximum absolute atomic E-state index is 13.2. The molecule has 3 heteroatoms. The lowest BCUT2D eigenvalue weighted by molar-refractivity contribution is -0.144. The molecule has 2 atom stereocenters. The number of ketones is 1. The van der Waals surface area contributed by atoms with E-state index >= 15 is 0 Å². The first-order valence-corrected chi connectivity index (χ1v) is 8.55. The van der Waals surface area contributed by atoms with E-state index in [1.807, 2.05) is 53.7 Å². The number of benzene rings is 1. The SMILES string of the molecule is CCCCC(C(=O)O)C(C(=O)c1c(C)cc(C)cc1C)C(C)C. The number of carbonyl (C=O) groups excluding carboxylic acids is 1. The minimum atomic E-state index is -0.854. The van der Waals surface area contributed by atoms with Gasteiger partial charge in [0, 0.05) is 11.5 Å². The number of aliphatic carboxylic acids is 1. The van der Waals surface area contributed by atoms with Crippen molar-refractivity contribution in [2.75, 3.05) is 0 Å². The predicted molar refractivity (Wildman–Crippen MR) is 94.0 cm³/mol. The van der Waals surface area contributed by atoms with Crippen LogP contribution in [0.4, 0.5) is 0 Å². The van der Waals surface area contributed by atoms with Crippen molar-refractivity contribution in [1.29, 1.82) is 0 Å². The summed E-state index contributed by atoms with van der Waals surface area (Å²) in [5.41, 5.74) is 3.71. The molecule has 1 aromatic rings. The molecule has 2 unspecified atom stereocenters. The van der Waals surface area contributed by atoms with Crippen LogP contribution in [-0.2, 0) is 4.79 Å². The Morgan fingerprint density at radius 3 is 2.00 bits per heavy atom. The van der Waals surface area contributed by atoms with Crippen molar-refractivity contribution in [2.24, 2.45) is 17.8 Å². The molecule has 0 aromatic heterocycles. The van der Waals surface area contributed by atoms with Gasteiger partial charge in [-0.1, -0.05) is 51.3 Å².